The van der Waals surface area contributed by atoms with E-state index in [1.165, 1.54) is 24.5 Å². The van der Waals surface area contributed by atoms with Gasteiger partial charge in [-0.2, -0.15) is 18.9 Å². The van der Waals surface area contributed by atoms with E-state index >= 15 is 0 Å². The molecule has 1 aliphatic heterocycles. The molecule has 2 heterocycles. The average Bonchev–Trinajstić information content (AvgIpc) is 3.10. The van der Waals surface area contributed by atoms with E-state index in [1.807, 2.05) is 0 Å². The van der Waals surface area contributed by atoms with Gasteiger partial charge in [-0.1, -0.05) is 30.3 Å². The Morgan fingerprint density at radius 3 is 2.65 bits per heavy atom. The summed E-state index contributed by atoms with van der Waals surface area (Å²) in [5.41, 5.74) is 1.46. The molecular formula is C18H15F3N4O. The molecule has 4 rings (SSSR count). The molecule has 0 bridgehead atoms. The van der Waals surface area contributed by atoms with Crippen molar-refractivity contribution in [3.05, 3.63) is 71.8 Å². The average molecular weight is 360 g/mol. The summed E-state index contributed by atoms with van der Waals surface area (Å²) in [6.07, 6.45) is 1.94. The van der Waals surface area contributed by atoms with Gasteiger partial charge in [0.1, 0.15) is 17.9 Å². The van der Waals surface area contributed by atoms with E-state index in [9.17, 15) is 13.2 Å². The molecule has 2 atom stereocenters. The number of hydrogen-bond donors (Lipinski definition) is 1. The monoisotopic (exact) mass is 360 g/mol. The van der Waals surface area contributed by atoms with Crippen LogP contribution in [0.5, 0.6) is 5.75 Å². The van der Waals surface area contributed by atoms with Crippen molar-refractivity contribution in [2.45, 2.75) is 25.1 Å². The van der Waals surface area contributed by atoms with Crippen molar-refractivity contribution in [1.29, 1.82) is 0 Å². The topological polar surface area (TPSA) is 52.0 Å². The Balaban J connectivity index is 1.71. The highest BCUT2D eigenvalue weighted by Gasteiger charge is 2.31. The van der Waals surface area contributed by atoms with Gasteiger partial charge in [0.25, 0.3) is 0 Å². The lowest BCUT2D eigenvalue weighted by atomic mass is 9.93. The van der Waals surface area contributed by atoms with Crippen LogP contribution >= 0.6 is 0 Å². The number of hydrogen-bond acceptors (Lipinski definition) is 4. The first kappa shape index (κ1) is 16.4. The molecule has 0 radical (unpaired) electrons. The van der Waals surface area contributed by atoms with E-state index in [1.54, 1.807) is 35.0 Å². The van der Waals surface area contributed by atoms with Crippen molar-refractivity contribution in [2.24, 2.45) is 0 Å². The number of nitrogens with zero attached hydrogens (tertiary/aromatic N) is 3. The van der Waals surface area contributed by atoms with Gasteiger partial charge in [-0.05, 0) is 30.2 Å². The molecule has 1 aromatic heterocycles. The van der Waals surface area contributed by atoms with Crippen LogP contribution in [0.1, 0.15) is 29.6 Å². The number of fused-ring (bicyclic) bond motifs is 1. The third-order valence-electron chi connectivity index (χ3n) is 4.40. The molecule has 26 heavy (non-hydrogen) atoms. The Labute approximate surface area is 147 Å². The van der Waals surface area contributed by atoms with Gasteiger partial charge < -0.3 is 10.1 Å². The van der Waals surface area contributed by atoms with Gasteiger partial charge in [-0.15, -0.1) is 0 Å². The Hall–Kier alpha value is -3.03. The molecule has 2 unspecified atom stereocenters. The third kappa shape index (κ3) is 3.10. The van der Waals surface area contributed by atoms with Crippen LogP contribution in [0.2, 0.25) is 0 Å². The molecule has 8 heteroatoms. The first-order valence-electron chi connectivity index (χ1n) is 8.07. The maximum atomic E-state index is 13.3. The number of aromatic nitrogens is 3. The van der Waals surface area contributed by atoms with Gasteiger partial charge in [0.05, 0.1) is 12.1 Å². The van der Waals surface area contributed by atoms with Crippen molar-refractivity contribution in [3.63, 3.8) is 0 Å². The molecule has 0 saturated heterocycles. The van der Waals surface area contributed by atoms with E-state index in [0.717, 1.165) is 5.56 Å². The predicted molar refractivity (Wildman–Crippen MR) is 88.6 cm³/mol. The van der Waals surface area contributed by atoms with Crippen LogP contribution in [-0.2, 0) is 0 Å². The summed E-state index contributed by atoms with van der Waals surface area (Å²) in [7, 11) is 0. The summed E-state index contributed by atoms with van der Waals surface area (Å²) in [6.45, 7) is -2.91. The molecule has 3 aromatic rings. The van der Waals surface area contributed by atoms with E-state index in [-0.39, 0.29) is 23.7 Å². The Morgan fingerprint density at radius 1 is 1.12 bits per heavy atom. The van der Waals surface area contributed by atoms with Gasteiger partial charge in [-0.3, -0.25) is 0 Å². The second-order valence-corrected chi connectivity index (χ2v) is 5.94. The molecule has 0 spiro atoms. The molecule has 0 saturated carbocycles. The normalized spacial score (nSPS) is 19.1. The van der Waals surface area contributed by atoms with Gasteiger partial charge >= 0.3 is 6.61 Å². The third-order valence-corrected chi connectivity index (χ3v) is 4.40. The fourth-order valence-corrected chi connectivity index (χ4v) is 3.26. The number of halogens is 3. The predicted octanol–water partition coefficient (Wildman–Crippen LogP) is 4.16. The van der Waals surface area contributed by atoms with Crippen LogP contribution in [0.4, 0.5) is 19.1 Å². The number of para-hydroxylation sites is 1. The van der Waals surface area contributed by atoms with Crippen LogP contribution in [0.15, 0.2) is 54.9 Å². The zero-order valence-electron chi connectivity index (χ0n) is 13.5. The highest BCUT2D eigenvalue weighted by molar-refractivity contribution is 5.43. The lowest BCUT2D eigenvalue weighted by Gasteiger charge is -2.32. The van der Waals surface area contributed by atoms with Gasteiger partial charge in [0.15, 0.2) is 0 Å². The highest BCUT2D eigenvalue weighted by atomic mass is 19.3. The van der Waals surface area contributed by atoms with E-state index in [4.69, 9.17) is 0 Å². The number of benzene rings is 2. The van der Waals surface area contributed by atoms with Crippen LogP contribution in [0, 0.1) is 5.82 Å². The number of alkyl halides is 2. The Kier molecular flexibility index (Phi) is 4.24. The van der Waals surface area contributed by atoms with Crippen molar-refractivity contribution in [2.75, 3.05) is 5.32 Å². The molecule has 1 aliphatic rings. The summed E-state index contributed by atoms with van der Waals surface area (Å²) in [6, 6.07) is 12.3. The van der Waals surface area contributed by atoms with Crippen molar-refractivity contribution in [1.82, 2.24) is 14.8 Å². The molecule has 2 aromatic carbocycles. The van der Waals surface area contributed by atoms with Crippen molar-refractivity contribution in [3.8, 4) is 5.75 Å². The molecule has 0 fully saturated rings. The molecule has 0 aliphatic carbocycles. The summed E-state index contributed by atoms with van der Waals surface area (Å²) >= 11 is 0. The van der Waals surface area contributed by atoms with Crippen LogP contribution in [-0.4, -0.2) is 21.4 Å². The zero-order chi connectivity index (χ0) is 18.1. The van der Waals surface area contributed by atoms with E-state index < -0.39 is 6.61 Å². The fourth-order valence-electron chi connectivity index (χ4n) is 3.26. The second kappa shape index (κ2) is 6.70. The van der Waals surface area contributed by atoms with E-state index in [2.05, 4.69) is 20.1 Å². The number of rotatable bonds is 4. The smallest absolute Gasteiger partial charge is 0.387 e. The maximum absolute atomic E-state index is 13.3. The Morgan fingerprint density at radius 2 is 1.88 bits per heavy atom. The highest BCUT2D eigenvalue weighted by Crippen LogP contribution is 2.40. The quantitative estimate of drug-likeness (QED) is 0.759. The molecule has 0 amide bonds. The lowest BCUT2D eigenvalue weighted by Crippen LogP contribution is -2.28. The minimum atomic E-state index is -2.91. The number of nitrogens with one attached hydrogen (secondary N) is 1. The van der Waals surface area contributed by atoms with Crippen molar-refractivity contribution < 1.29 is 17.9 Å². The standard InChI is InChI=1S/C18H15F3N4O/c19-12-7-5-11(6-8-12)15-9-14(24-18-22-10-23-25(15)18)13-3-1-2-4-16(13)26-17(20)21/h1-8,10,14-15,17H,9H2,(H,22,23,24). The molecule has 134 valence electrons. The van der Waals surface area contributed by atoms with E-state index in [0.29, 0.717) is 17.9 Å². The minimum absolute atomic E-state index is 0.117. The van der Waals surface area contributed by atoms with Crippen LogP contribution < -0.4 is 10.1 Å². The SMILES string of the molecule is Fc1ccc(C2CC(c3ccccc3OC(F)F)Nc3ncnn32)cc1. The first-order chi connectivity index (χ1) is 12.6. The Bertz CT molecular complexity index is 897. The largest absolute Gasteiger partial charge is 0.434 e. The van der Waals surface area contributed by atoms with Gasteiger partial charge in [0, 0.05) is 5.56 Å². The fraction of sp³-hybridized carbons (Fsp3) is 0.222. The molecule has 5 nitrogen and oxygen atoms in total. The summed E-state index contributed by atoms with van der Waals surface area (Å²) in [5.74, 6) is 0.307. The number of anilines is 1. The van der Waals surface area contributed by atoms with Gasteiger partial charge in [-0.25, -0.2) is 9.07 Å². The lowest BCUT2D eigenvalue weighted by molar-refractivity contribution is -0.0506. The summed E-state index contributed by atoms with van der Waals surface area (Å²) < 4.78 is 45.1. The van der Waals surface area contributed by atoms with Crippen molar-refractivity contribution >= 4 is 5.95 Å². The molecular weight excluding hydrogens is 345 g/mol. The summed E-state index contributed by atoms with van der Waals surface area (Å²) in [5, 5.41) is 7.44. The summed E-state index contributed by atoms with van der Waals surface area (Å²) in [4.78, 5) is 4.19. The number of ether oxygens (including phenoxy) is 1. The maximum Gasteiger partial charge on any atom is 0.387 e. The van der Waals surface area contributed by atoms with Crippen LogP contribution in [0.25, 0.3) is 0 Å². The first-order valence-corrected chi connectivity index (χ1v) is 8.07. The van der Waals surface area contributed by atoms with Gasteiger partial charge in [0.2, 0.25) is 5.95 Å². The van der Waals surface area contributed by atoms with Crippen LogP contribution in [0.3, 0.4) is 0 Å². The zero-order valence-corrected chi connectivity index (χ0v) is 13.5. The molecule has 1 N–H and O–H groups in total. The second-order valence-electron chi connectivity index (χ2n) is 5.94. The minimum Gasteiger partial charge on any atom is -0.434 e.